The van der Waals surface area contributed by atoms with Gasteiger partial charge in [0.05, 0.1) is 0 Å². The largest absolute Gasteiger partial charge is 0.370 e. The number of pyridine rings is 1. The zero-order chi connectivity index (χ0) is 13.0. The van der Waals surface area contributed by atoms with Gasteiger partial charge in [0.2, 0.25) is 0 Å². The van der Waals surface area contributed by atoms with E-state index in [0.29, 0.717) is 0 Å². The van der Waals surface area contributed by atoms with Gasteiger partial charge in [-0.2, -0.15) is 0 Å². The molecular formula is C14H18N4. The normalized spacial score (nSPS) is 10.4. The monoisotopic (exact) mass is 242 g/mol. The van der Waals surface area contributed by atoms with Crippen LogP contribution in [0.1, 0.15) is 24.6 Å². The molecule has 0 fully saturated rings. The van der Waals surface area contributed by atoms with Crippen molar-refractivity contribution < 1.29 is 0 Å². The Balaban J connectivity index is 2.41. The van der Waals surface area contributed by atoms with Gasteiger partial charge in [0.25, 0.3) is 0 Å². The van der Waals surface area contributed by atoms with Gasteiger partial charge < -0.3 is 5.32 Å². The van der Waals surface area contributed by atoms with Crippen molar-refractivity contribution in [1.82, 2.24) is 15.0 Å². The molecule has 4 nitrogen and oxygen atoms in total. The Kier molecular flexibility index (Phi) is 3.87. The fraction of sp³-hybridized carbons (Fsp3) is 0.357. The Morgan fingerprint density at radius 3 is 2.50 bits per heavy atom. The van der Waals surface area contributed by atoms with Gasteiger partial charge >= 0.3 is 0 Å². The van der Waals surface area contributed by atoms with Gasteiger partial charge in [-0.15, -0.1) is 0 Å². The minimum atomic E-state index is 0.749. The highest BCUT2D eigenvalue weighted by atomic mass is 15.0. The molecule has 0 spiro atoms. The second kappa shape index (κ2) is 5.58. The summed E-state index contributed by atoms with van der Waals surface area (Å²) in [5.41, 5.74) is 3.12. The predicted molar refractivity (Wildman–Crippen MR) is 73.5 cm³/mol. The number of nitrogens with one attached hydrogen (secondary N) is 1. The number of nitrogens with zero attached hydrogens (tertiary/aromatic N) is 3. The number of anilines is 1. The first kappa shape index (κ1) is 12.5. The van der Waals surface area contributed by atoms with Crippen LogP contribution >= 0.6 is 0 Å². The highest BCUT2D eigenvalue weighted by molar-refractivity contribution is 5.58. The average Bonchev–Trinajstić information content (AvgIpc) is 2.41. The first-order valence-corrected chi connectivity index (χ1v) is 6.22. The number of aromatic nitrogens is 3. The fourth-order valence-electron chi connectivity index (χ4n) is 1.67. The summed E-state index contributed by atoms with van der Waals surface area (Å²) in [6.07, 6.45) is 4.59. The molecule has 2 rings (SSSR count). The van der Waals surface area contributed by atoms with Crippen LogP contribution in [0, 0.1) is 13.8 Å². The van der Waals surface area contributed by atoms with E-state index >= 15 is 0 Å². The molecule has 1 N–H and O–H groups in total. The molecule has 0 saturated carbocycles. The van der Waals surface area contributed by atoms with E-state index in [-0.39, 0.29) is 0 Å². The van der Waals surface area contributed by atoms with Crippen molar-refractivity contribution in [3.05, 3.63) is 35.8 Å². The molecule has 2 aromatic rings. The second-order valence-electron chi connectivity index (χ2n) is 4.27. The summed E-state index contributed by atoms with van der Waals surface area (Å²) < 4.78 is 0. The smallest absolute Gasteiger partial charge is 0.161 e. The van der Waals surface area contributed by atoms with E-state index in [4.69, 9.17) is 0 Å². The van der Waals surface area contributed by atoms with Gasteiger partial charge in [0, 0.05) is 35.8 Å². The molecule has 18 heavy (non-hydrogen) atoms. The molecule has 0 aliphatic carbocycles. The lowest BCUT2D eigenvalue weighted by Gasteiger charge is -2.11. The van der Waals surface area contributed by atoms with E-state index in [0.717, 1.165) is 41.4 Å². The van der Waals surface area contributed by atoms with Gasteiger partial charge in [-0.05, 0) is 32.4 Å². The summed E-state index contributed by atoms with van der Waals surface area (Å²) in [7, 11) is 0. The maximum Gasteiger partial charge on any atom is 0.161 e. The third kappa shape index (κ3) is 2.64. The van der Waals surface area contributed by atoms with E-state index < -0.39 is 0 Å². The second-order valence-corrected chi connectivity index (χ2v) is 4.27. The molecule has 2 aromatic heterocycles. The van der Waals surface area contributed by atoms with E-state index in [9.17, 15) is 0 Å². The van der Waals surface area contributed by atoms with Crippen molar-refractivity contribution in [2.24, 2.45) is 0 Å². The van der Waals surface area contributed by atoms with Crippen molar-refractivity contribution in [2.75, 3.05) is 11.9 Å². The van der Waals surface area contributed by atoms with Gasteiger partial charge in [0.15, 0.2) is 5.82 Å². The summed E-state index contributed by atoms with van der Waals surface area (Å²) >= 11 is 0. The maximum absolute atomic E-state index is 4.59. The van der Waals surface area contributed by atoms with Crippen molar-refractivity contribution in [1.29, 1.82) is 0 Å². The van der Waals surface area contributed by atoms with Gasteiger partial charge in [-0.25, -0.2) is 9.97 Å². The van der Waals surface area contributed by atoms with E-state index in [1.807, 2.05) is 26.0 Å². The van der Waals surface area contributed by atoms with Crippen molar-refractivity contribution >= 4 is 5.82 Å². The van der Waals surface area contributed by atoms with Crippen LogP contribution in [0.15, 0.2) is 24.5 Å². The molecule has 94 valence electrons. The minimum Gasteiger partial charge on any atom is -0.370 e. The molecule has 0 amide bonds. The van der Waals surface area contributed by atoms with Crippen LogP contribution in [0.5, 0.6) is 0 Å². The van der Waals surface area contributed by atoms with Crippen LogP contribution in [-0.2, 0) is 0 Å². The van der Waals surface area contributed by atoms with Crippen molar-refractivity contribution in [3.63, 3.8) is 0 Å². The fourth-order valence-corrected chi connectivity index (χ4v) is 1.67. The molecule has 0 unspecified atom stereocenters. The standard InChI is InChI=1S/C14H18N4/c1-4-7-16-13-10(2)11(3)17-14(18-13)12-5-8-15-9-6-12/h5-6,8-9H,4,7H2,1-3H3,(H,16,17,18). The highest BCUT2D eigenvalue weighted by Gasteiger charge is 2.08. The van der Waals surface area contributed by atoms with Crippen molar-refractivity contribution in [3.8, 4) is 11.4 Å². The lowest BCUT2D eigenvalue weighted by molar-refractivity contribution is 0.954. The molecule has 4 heteroatoms. The van der Waals surface area contributed by atoms with Crippen LogP contribution in [-0.4, -0.2) is 21.5 Å². The SMILES string of the molecule is CCCNc1nc(-c2ccncc2)nc(C)c1C. The molecule has 0 atom stereocenters. The first-order chi connectivity index (χ1) is 8.72. The summed E-state index contributed by atoms with van der Waals surface area (Å²) in [5, 5.41) is 3.35. The topological polar surface area (TPSA) is 50.7 Å². The number of aryl methyl sites for hydroxylation is 1. The number of rotatable bonds is 4. The van der Waals surface area contributed by atoms with Gasteiger partial charge in [0.1, 0.15) is 5.82 Å². The van der Waals surface area contributed by atoms with Gasteiger partial charge in [-0.1, -0.05) is 6.92 Å². The third-order valence-electron chi connectivity index (χ3n) is 2.87. The van der Waals surface area contributed by atoms with E-state index in [1.54, 1.807) is 12.4 Å². The Labute approximate surface area is 108 Å². The van der Waals surface area contributed by atoms with E-state index in [2.05, 4.69) is 27.2 Å². The Hall–Kier alpha value is -1.97. The van der Waals surface area contributed by atoms with Crippen LogP contribution in [0.3, 0.4) is 0 Å². The van der Waals surface area contributed by atoms with Crippen LogP contribution in [0.25, 0.3) is 11.4 Å². The highest BCUT2D eigenvalue weighted by Crippen LogP contribution is 2.20. The molecule has 2 heterocycles. The summed E-state index contributed by atoms with van der Waals surface area (Å²) in [4.78, 5) is 13.1. The van der Waals surface area contributed by atoms with Gasteiger partial charge in [-0.3, -0.25) is 4.98 Å². The number of hydrogen-bond donors (Lipinski definition) is 1. The summed E-state index contributed by atoms with van der Waals surface area (Å²) in [6.45, 7) is 7.12. The Bertz CT molecular complexity index is 523. The number of hydrogen-bond acceptors (Lipinski definition) is 4. The molecule has 0 aliphatic rings. The molecule has 0 bridgehead atoms. The van der Waals surface area contributed by atoms with E-state index in [1.165, 1.54) is 0 Å². The molecule has 0 radical (unpaired) electrons. The lowest BCUT2D eigenvalue weighted by atomic mass is 10.2. The first-order valence-electron chi connectivity index (χ1n) is 6.22. The minimum absolute atomic E-state index is 0.749. The molecular weight excluding hydrogens is 224 g/mol. The summed E-state index contributed by atoms with van der Waals surface area (Å²) in [6, 6.07) is 3.85. The average molecular weight is 242 g/mol. The zero-order valence-corrected chi connectivity index (χ0v) is 11.1. The quantitative estimate of drug-likeness (QED) is 0.895. The van der Waals surface area contributed by atoms with Crippen molar-refractivity contribution in [2.45, 2.75) is 27.2 Å². The summed E-state index contributed by atoms with van der Waals surface area (Å²) in [5.74, 6) is 1.68. The van der Waals surface area contributed by atoms with Crippen LogP contribution in [0.4, 0.5) is 5.82 Å². The predicted octanol–water partition coefficient (Wildman–Crippen LogP) is 2.98. The molecule has 0 aliphatic heterocycles. The zero-order valence-electron chi connectivity index (χ0n) is 11.1. The maximum atomic E-state index is 4.59. The molecule has 0 aromatic carbocycles. The van der Waals surface area contributed by atoms with Crippen LogP contribution in [0.2, 0.25) is 0 Å². The lowest BCUT2D eigenvalue weighted by Crippen LogP contribution is -2.07. The van der Waals surface area contributed by atoms with Crippen LogP contribution < -0.4 is 5.32 Å². The Morgan fingerprint density at radius 2 is 1.83 bits per heavy atom. The Morgan fingerprint density at radius 1 is 1.11 bits per heavy atom. The third-order valence-corrected chi connectivity index (χ3v) is 2.87. The molecule has 0 saturated heterocycles.